The predicted octanol–water partition coefficient (Wildman–Crippen LogP) is 4.43. The molecule has 0 bridgehead atoms. The van der Waals surface area contributed by atoms with Crippen LogP contribution in [0.25, 0.3) is 11.2 Å². The van der Waals surface area contributed by atoms with E-state index in [9.17, 15) is 5.11 Å². The average molecular weight is 565 g/mol. The number of nitrogen functional groups attached to an aromatic ring is 1. The second kappa shape index (κ2) is 14.3. The average Bonchev–Trinajstić information content (AvgIpc) is 3.25. The van der Waals surface area contributed by atoms with Crippen LogP contribution in [0.3, 0.4) is 0 Å². The molecular formula is C26H38BrN5O4. The summed E-state index contributed by atoms with van der Waals surface area (Å²) in [6, 6.07) is 5.81. The zero-order chi connectivity index (χ0) is 25.9. The summed E-state index contributed by atoms with van der Waals surface area (Å²) >= 11 is 3.98. The Kier molecular flexibility index (Phi) is 11.2. The number of fused-ring (bicyclic) bond motifs is 1. The number of ether oxygens (including phenoxy) is 2. The second-order valence-electron chi connectivity index (χ2n) is 8.91. The summed E-state index contributed by atoms with van der Waals surface area (Å²) in [7, 11) is 3.30. The molecule has 9 nitrogen and oxygen atoms in total. The van der Waals surface area contributed by atoms with Gasteiger partial charge in [0.05, 0.1) is 14.2 Å². The number of rotatable bonds is 16. The van der Waals surface area contributed by atoms with Crippen molar-refractivity contribution in [3.63, 3.8) is 0 Å². The molecule has 2 unspecified atom stereocenters. The van der Waals surface area contributed by atoms with Gasteiger partial charge in [-0.05, 0) is 43.9 Å². The number of imidazole rings is 1. The fourth-order valence-electron chi connectivity index (χ4n) is 4.57. The number of aliphatic hydroxyl groups excluding tert-OH is 2. The molecule has 0 radical (unpaired) electrons. The number of anilines is 1. The van der Waals surface area contributed by atoms with E-state index < -0.39 is 0 Å². The molecule has 0 aliphatic carbocycles. The van der Waals surface area contributed by atoms with Gasteiger partial charge in [0.15, 0.2) is 17.0 Å². The van der Waals surface area contributed by atoms with Crippen LogP contribution in [0.4, 0.5) is 5.82 Å². The van der Waals surface area contributed by atoms with Gasteiger partial charge in [0, 0.05) is 36.1 Å². The molecule has 2 atom stereocenters. The Balaban J connectivity index is 2.04. The molecule has 3 aromatic rings. The minimum atomic E-state index is 0.0729. The summed E-state index contributed by atoms with van der Waals surface area (Å²) in [6.07, 6.45) is 9.32. The summed E-state index contributed by atoms with van der Waals surface area (Å²) in [5.74, 6) is 2.68. The van der Waals surface area contributed by atoms with E-state index in [1.54, 1.807) is 14.2 Å². The van der Waals surface area contributed by atoms with Crippen LogP contribution in [-0.2, 0) is 6.42 Å². The number of halogens is 1. The molecule has 0 fully saturated rings. The van der Waals surface area contributed by atoms with E-state index in [0.29, 0.717) is 23.4 Å². The summed E-state index contributed by atoms with van der Waals surface area (Å²) in [5.41, 5.74) is 8.49. The molecule has 0 amide bonds. The van der Waals surface area contributed by atoms with Gasteiger partial charge in [-0.25, -0.2) is 15.0 Å². The van der Waals surface area contributed by atoms with E-state index in [1.807, 2.05) is 18.2 Å². The molecule has 2 aromatic heterocycles. The van der Waals surface area contributed by atoms with Crippen LogP contribution in [0.2, 0.25) is 0 Å². The van der Waals surface area contributed by atoms with Crippen LogP contribution in [0.5, 0.6) is 11.5 Å². The highest BCUT2D eigenvalue weighted by molar-refractivity contribution is 9.09. The topological polar surface area (TPSA) is 129 Å². The number of methoxy groups -OCH3 is 2. The lowest BCUT2D eigenvalue weighted by Gasteiger charge is -2.27. The van der Waals surface area contributed by atoms with E-state index in [2.05, 4.69) is 30.5 Å². The Morgan fingerprint density at radius 1 is 0.972 bits per heavy atom. The summed E-state index contributed by atoms with van der Waals surface area (Å²) in [4.78, 5) is 13.9. The standard InChI is InChI=1S/C26H38BrN5O4/c1-35-19-11-12-22(36-2)18(15-19)16-23-31-24-25(28)29-17-30-26(24)32(23)21(10-6-4-8-14-34)20(27)9-5-3-7-13-33/h11-12,15,17,20-21,33-34H,3-10,13-14,16H2,1-2H3,(H2,28,29,30). The van der Waals surface area contributed by atoms with Gasteiger partial charge in [-0.1, -0.05) is 41.6 Å². The first-order valence-corrected chi connectivity index (χ1v) is 13.5. The molecule has 0 aliphatic heterocycles. The number of nitrogens with zero attached hydrogens (tertiary/aromatic N) is 4. The lowest BCUT2D eigenvalue weighted by atomic mass is 10.00. The Morgan fingerprint density at radius 2 is 1.69 bits per heavy atom. The van der Waals surface area contributed by atoms with Crippen LogP contribution >= 0.6 is 15.9 Å². The van der Waals surface area contributed by atoms with E-state index in [0.717, 1.165) is 74.3 Å². The van der Waals surface area contributed by atoms with Gasteiger partial charge >= 0.3 is 0 Å². The molecule has 36 heavy (non-hydrogen) atoms. The number of aromatic nitrogens is 4. The molecule has 2 heterocycles. The van der Waals surface area contributed by atoms with Gasteiger partial charge in [0.25, 0.3) is 0 Å². The number of aliphatic hydroxyl groups is 2. The zero-order valence-corrected chi connectivity index (χ0v) is 22.8. The third-order valence-electron chi connectivity index (χ3n) is 6.46. The molecular weight excluding hydrogens is 526 g/mol. The number of nitrogens with two attached hydrogens (primary N) is 1. The van der Waals surface area contributed by atoms with Gasteiger partial charge in [0.1, 0.15) is 23.7 Å². The smallest absolute Gasteiger partial charge is 0.165 e. The molecule has 0 saturated carbocycles. The first kappa shape index (κ1) is 28.1. The number of benzene rings is 1. The number of hydrogen-bond donors (Lipinski definition) is 3. The van der Waals surface area contributed by atoms with Gasteiger partial charge in [-0.2, -0.15) is 0 Å². The lowest BCUT2D eigenvalue weighted by molar-refractivity contribution is 0.278. The van der Waals surface area contributed by atoms with E-state index in [4.69, 9.17) is 25.3 Å². The third-order valence-corrected chi connectivity index (χ3v) is 7.53. The Hall–Kier alpha value is -2.43. The van der Waals surface area contributed by atoms with E-state index >= 15 is 0 Å². The molecule has 3 rings (SSSR count). The van der Waals surface area contributed by atoms with Crippen LogP contribution in [0.1, 0.15) is 68.8 Å². The van der Waals surface area contributed by atoms with Crippen molar-refractivity contribution in [3.05, 3.63) is 35.9 Å². The van der Waals surface area contributed by atoms with Gasteiger partial charge < -0.3 is 30.0 Å². The fourth-order valence-corrected chi connectivity index (χ4v) is 5.39. The Labute approximate surface area is 221 Å². The van der Waals surface area contributed by atoms with E-state index in [-0.39, 0.29) is 24.1 Å². The first-order chi connectivity index (χ1) is 17.5. The van der Waals surface area contributed by atoms with Gasteiger partial charge in [0.2, 0.25) is 0 Å². The second-order valence-corrected chi connectivity index (χ2v) is 10.1. The van der Waals surface area contributed by atoms with E-state index in [1.165, 1.54) is 6.33 Å². The molecule has 0 spiro atoms. The number of unbranched alkanes of at least 4 members (excludes halogenated alkanes) is 4. The van der Waals surface area contributed by atoms with Crippen molar-refractivity contribution in [3.8, 4) is 11.5 Å². The number of hydrogen-bond acceptors (Lipinski definition) is 8. The van der Waals surface area contributed by atoms with Crippen molar-refractivity contribution in [2.75, 3.05) is 33.2 Å². The monoisotopic (exact) mass is 563 g/mol. The quantitative estimate of drug-likeness (QED) is 0.172. The van der Waals surface area contributed by atoms with Crippen molar-refractivity contribution in [2.45, 2.75) is 68.7 Å². The normalized spacial score (nSPS) is 13.1. The van der Waals surface area contributed by atoms with Gasteiger partial charge in [-0.3, -0.25) is 0 Å². The highest BCUT2D eigenvalue weighted by Gasteiger charge is 2.27. The van der Waals surface area contributed by atoms with Crippen molar-refractivity contribution >= 4 is 32.9 Å². The highest BCUT2D eigenvalue weighted by atomic mass is 79.9. The Bertz CT molecular complexity index is 1090. The molecule has 0 saturated heterocycles. The first-order valence-electron chi connectivity index (χ1n) is 12.6. The molecule has 4 N–H and O–H groups in total. The molecule has 0 aliphatic rings. The highest BCUT2D eigenvalue weighted by Crippen LogP contribution is 2.35. The summed E-state index contributed by atoms with van der Waals surface area (Å²) in [6.45, 7) is 0.411. The fraction of sp³-hybridized carbons (Fsp3) is 0.577. The predicted molar refractivity (Wildman–Crippen MR) is 145 cm³/mol. The molecule has 198 valence electrons. The minimum Gasteiger partial charge on any atom is -0.497 e. The summed E-state index contributed by atoms with van der Waals surface area (Å²) in [5, 5.41) is 18.4. The SMILES string of the molecule is COc1ccc(OC)c(Cc2nc3c(N)ncnc3n2C(CCCCCO)C(Br)CCCCCO)c1. The largest absolute Gasteiger partial charge is 0.497 e. The van der Waals surface area contributed by atoms with Crippen LogP contribution in [0.15, 0.2) is 24.5 Å². The molecule has 1 aromatic carbocycles. The van der Waals surface area contributed by atoms with Crippen LogP contribution in [-0.4, -0.2) is 62.0 Å². The lowest BCUT2D eigenvalue weighted by Crippen LogP contribution is -2.22. The van der Waals surface area contributed by atoms with Crippen molar-refractivity contribution in [1.29, 1.82) is 0 Å². The van der Waals surface area contributed by atoms with Crippen molar-refractivity contribution in [2.24, 2.45) is 0 Å². The zero-order valence-electron chi connectivity index (χ0n) is 21.2. The molecule has 10 heteroatoms. The maximum Gasteiger partial charge on any atom is 0.165 e. The summed E-state index contributed by atoms with van der Waals surface area (Å²) < 4.78 is 13.3. The minimum absolute atomic E-state index is 0.0729. The van der Waals surface area contributed by atoms with Crippen molar-refractivity contribution < 1.29 is 19.7 Å². The van der Waals surface area contributed by atoms with Crippen LogP contribution in [0, 0.1) is 0 Å². The third kappa shape index (κ3) is 7.08. The maximum atomic E-state index is 9.27. The van der Waals surface area contributed by atoms with Gasteiger partial charge in [-0.15, -0.1) is 0 Å². The van der Waals surface area contributed by atoms with Crippen LogP contribution < -0.4 is 15.2 Å². The number of alkyl halides is 1. The Morgan fingerprint density at radius 3 is 2.36 bits per heavy atom. The van der Waals surface area contributed by atoms with Crippen molar-refractivity contribution in [1.82, 2.24) is 19.5 Å². The maximum absolute atomic E-state index is 9.27.